The second-order valence-electron chi connectivity index (χ2n) is 7.61. The second kappa shape index (κ2) is 11.2. The Balaban J connectivity index is 1.37. The molecule has 0 saturated carbocycles. The SMILES string of the molecule is COc1ccc(NC(=O)C(=O)NCCCc2ccc(N3CCCCCC3)cc2)cc1. The zero-order chi connectivity index (χ0) is 21.2. The highest BCUT2D eigenvalue weighted by Crippen LogP contribution is 2.20. The third kappa shape index (κ3) is 6.51. The van der Waals surface area contributed by atoms with Crippen LogP contribution in [-0.4, -0.2) is 38.6 Å². The van der Waals surface area contributed by atoms with Crippen LogP contribution in [0, 0.1) is 0 Å². The van der Waals surface area contributed by atoms with Crippen LogP contribution < -0.4 is 20.3 Å². The Morgan fingerprint density at radius 1 is 0.900 bits per heavy atom. The third-order valence-corrected chi connectivity index (χ3v) is 5.39. The van der Waals surface area contributed by atoms with E-state index in [9.17, 15) is 9.59 Å². The van der Waals surface area contributed by atoms with Gasteiger partial charge in [0.15, 0.2) is 0 Å². The Morgan fingerprint density at radius 3 is 2.20 bits per heavy atom. The zero-order valence-electron chi connectivity index (χ0n) is 17.7. The number of ether oxygens (including phenoxy) is 1. The van der Waals surface area contributed by atoms with E-state index in [4.69, 9.17) is 4.74 Å². The summed E-state index contributed by atoms with van der Waals surface area (Å²) in [7, 11) is 1.57. The maximum Gasteiger partial charge on any atom is 0.313 e. The minimum Gasteiger partial charge on any atom is -0.497 e. The molecule has 6 nitrogen and oxygen atoms in total. The van der Waals surface area contributed by atoms with Gasteiger partial charge in [0.25, 0.3) is 0 Å². The Kier molecular flexibility index (Phi) is 8.12. The first-order chi connectivity index (χ1) is 14.7. The number of carbonyl (C=O) groups excluding carboxylic acids is 2. The van der Waals surface area contributed by atoms with Crippen LogP contribution in [0.3, 0.4) is 0 Å². The van der Waals surface area contributed by atoms with Gasteiger partial charge in [-0.25, -0.2) is 0 Å². The Bertz CT molecular complexity index is 811. The normalized spacial score (nSPS) is 14.0. The van der Waals surface area contributed by atoms with E-state index in [1.54, 1.807) is 31.4 Å². The van der Waals surface area contributed by atoms with E-state index >= 15 is 0 Å². The predicted molar refractivity (Wildman–Crippen MR) is 120 cm³/mol. The summed E-state index contributed by atoms with van der Waals surface area (Å²) in [6, 6.07) is 15.6. The maximum absolute atomic E-state index is 12.0. The largest absolute Gasteiger partial charge is 0.497 e. The van der Waals surface area contributed by atoms with Crippen molar-refractivity contribution in [2.45, 2.75) is 38.5 Å². The number of hydrogen-bond acceptors (Lipinski definition) is 4. The molecule has 2 amide bonds. The van der Waals surface area contributed by atoms with Gasteiger partial charge in [-0.05, 0) is 67.6 Å². The van der Waals surface area contributed by atoms with Gasteiger partial charge in [0, 0.05) is 31.0 Å². The van der Waals surface area contributed by atoms with Gasteiger partial charge in [-0.3, -0.25) is 9.59 Å². The monoisotopic (exact) mass is 409 g/mol. The molecule has 1 aliphatic rings. The molecule has 0 spiro atoms. The van der Waals surface area contributed by atoms with Crippen molar-refractivity contribution >= 4 is 23.2 Å². The molecule has 3 rings (SSSR count). The number of aryl methyl sites for hydroxylation is 1. The van der Waals surface area contributed by atoms with Gasteiger partial charge in [0.1, 0.15) is 5.75 Å². The van der Waals surface area contributed by atoms with Crippen molar-refractivity contribution in [2.75, 3.05) is 37.0 Å². The molecule has 0 bridgehead atoms. The third-order valence-electron chi connectivity index (χ3n) is 5.39. The van der Waals surface area contributed by atoms with Gasteiger partial charge in [0.05, 0.1) is 7.11 Å². The fraction of sp³-hybridized carbons (Fsp3) is 0.417. The van der Waals surface area contributed by atoms with Crippen LogP contribution in [0.4, 0.5) is 11.4 Å². The molecular weight excluding hydrogens is 378 g/mol. The molecule has 1 saturated heterocycles. The molecular formula is C24H31N3O3. The first-order valence-electron chi connectivity index (χ1n) is 10.7. The molecule has 1 aliphatic heterocycles. The van der Waals surface area contributed by atoms with Gasteiger partial charge in [-0.1, -0.05) is 25.0 Å². The molecule has 0 radical (unpaired) electrons. The fourth-order valence-electron chi connectivity index (χ4n) is 3.64. The van der Waals surface area contributed by atoms with Crippen LogP contribution >= 0.6 is 0 Å². The van der Waals surface area contributed by atoms with Gasteiger partial charge in [-0.15, -0.1) is 0 Å². The second-order valence-corrected chi connectivity index (χ2v) is 7.61. The van der Waals surface area contributed by atoms with E-state index < -0.39 is 11.8 Å². The fourth-order valence-corrected chi connectivity index (χ4v) is 3.64. The Labute approximate surface area is 178 Å². The predicted octanol–water partition coefficient (Wildman–Crippen LogP) is 3.76. The average molecular weight is 410 g/mol. The molecule has 2 aromatic carbocycles. The lowest BCUT2D eigenvalue weighted by atomic mass is 10.1. The molecule has 0 aliphatic carbocycles. The first kappa shape index (κ1) is 21.7. The standard InChI is InChI=1S/C24H31N3O3/c1-30-22-14-10-20(11-15-22)26-24(29)23(28)25-16-6-7-19-8-12-21(13-9-19)27-17-4-2-3-5-18-27/h8-15H,2-7,16-18H2,1H3,(H,25,28)(H,26,29). The highest BCUT2D eigenvalue weighted by atomic mass is 16.5. The molecule has 2 N–H and O–H groups in total. The Hall–Kier alpha value is -3.02. The van der Waals surface area contributed by atoms with Gasteiger partial charge < -0.3 is 20.3 Å². The van der Waals surface area contributed by atoms with Crippen molar-refractivity contribution in [2.24, 2.45) is 0 Å². The number of rotatable bonds is 7. The molecule has 0 aromatic heterocycles. The Morgan fingerprint density at radius 2 is 1.57 bits per heavy atom. The molecule has 1 heterocycles. The highest BCUT2D eigenvalue weighted by Gasteiger charge is 2.13. The number of hydrogen-bond donors (Lipinski definition) is 2. The molecule has 2 aromatic rings. The van der Waals surface area contributed by atoms with Gasteiger partial charge in [-0.2, -0.15) is 0 Å². The van der Waals surface area contributed by atoms with Crippen molar-refractivity contribution in [1.82, 2.24) is 5.32 Å². The van der Waals surface area contributed by atoms with Gasteiger partial charge >= 0.3 is 11.8 Å². The minimum atomic E-state index is -0.665. The minimum absolute atomic E-state index is 0.461. The van der Waals surface area contributed by atoms with E-state index in [0.29, 0.717) is 18.0 Å². The number of anilines is 2. The smallest absolute Gasteiger partial charge is 0.313 e. The van der Waals surface area contributed by atoms with Crippen LogP contribution in [-0.2, 0) is 16.0 Å². The summed E-state index contributed by atoms with van der Waals surface area (Å²) in [6.45, 7) is 2.75. The van der Waals surface area contributed by atoms with Crippen molar-refractivity contribution in [3.8, 4) is 5.75 Å². The molecule has 0 atom stereocenters. The van der Waals surface area contributed by atoms with Gasteiger partial charge in [0.2, 0.25) is 0 Å². The number of benzene rings is 2. The lowest BCUT2D eigenvalue weighted by Crippen LogP contribution is -2.36. The number of nitrogens with one attached hydrogen (secondary N) is 2. The average Bonchev–Trinajstić information content (AvgIpc) is 3.07. The van der Waals surface area contributed by atoms with E-state index in [-0.39, 0.29) is 0 Å². The van der Waals surface area contributed by atoms with Crippen molar-refractivity contribution in [3.63, 3.8) is 0 Å². The summed E-state index contributed by atoms with van der Waals surface area (Å²) in [6.07, 6.45) is 6.85. The summed E-state index contributed by atoms with van der Waals surface area (Å²) in [4.78, 5) is 26.4. The molecule has 30 heavy (non-hydrogen) atoms. The van der Waals surface area contributed by atoms with Crippen LogP contribution in [0.5, 0.6) is 5.75 Å². The molecule has 160 valence electrons. The number of methoxy groups -OCH3 is 1. The number of nitrogens with zero attached hydrogens (tertiary/aromatic N) is 1. The van der Waals surface area contributed by atoms with E-state index in [1.165, 1.54) is 36.9 Å². The zero-order valence-corrected chi connectivity index (χ0v) is 17.7. The van der Waals surface area contributed by atoms with Crippen molar-refractivity contribution < 1.29 is 14.3 Å². The molecule has 1 fully saturated rings. The van der Waals surface area contributed by atoms with E-state index in [0.717, 1.165) is 25.9 Å². The van der Waals surface area contributed by atoms with Crippen LogP contribution in [0.1, 0.15) is 37.7 Å². The lowest BCUT2D eigenvalue weighted by Gasteiger charge is -2.22. The first-order valence-corrected chi connectivity index (χ1v) is 10.7. The summed E-state index contributed by atoms with van der Waals surface area (Å²) in [5, 5.41) is 5.26. The topological polar surface area (TPSA) is 70.7 Å². The number of amides is 2. The summed E-state index contributed by atoms with van der Waals surface area (Å²) < 4.78 is 5.07. The summed E-state index contributed by atoms with van der Waals surface area (Å²) >= 11 is 0. The summed E-state index contributed by atoms with van der Waals surface area (Å²) in [5.41, 5.74) is 3.09. The van der Waals surface area contributed by atoms with Crippen molar-refractivity contribution in [3.05, 3.63) is 54.1 Å². The maximum atomic E-state index is 12.0. The van der Waals surface area contributed by atoms with Crippen molar-refractivity contribution in [1.29, 1.82) is 0 Å². The van der Waals surface area contributed by atoms with Crippen LogP contribution in [0.25, 0.3) is 0 Å². The quantitative estimate of drug-likeness (QED) is 0.540. The lowest BCUT2D eigenvalue weighted by molar-refractivity contribution is -0.136. The van der Waals surface area contributed by atoms with Crippen LogP contribution in [0.15, 0.2) is 48.5 Å². The van der Waals surface area contributed by atoms with E-state index in [1.807, 2.05) is 0 Å². The summed E-state index contributed by atoms with van der Waals surface area (Å²) in [5.74, 6) is -0.596. The van der Waals surface area contributed by atoms with Crippen LogP contribution in [0.2, 0.25) is 0 Å². The molecule has 6 heteroatoms. The molecule has 0 unspecified atom stereocenters. The van der Waals surface area contributed by atoms with E-state index in [2.05, 4.69) is 39.8 Å². The number of carbonyl (C=O) groups is 2. The highest BCUT2D eigenvalue weighted by molar-refractivity contribution is 6.39.